The molecular weight excluding hydrogens is 190 g/mol. The van der Waals surface area contributed by atoms with Crippen molar-refractivity contribution < 1.29 is 9.53 Å². The van der Waals surface area contributed by atoms with Crippen LogP contribution in [0.2, 0.25) is 0 Å². The number of ether oxygens (including phenoxy) is 1. The van der Waals surface area contributed by atoms with Gasteiger partial charge in [0.05, 0.1) is 6.61 Å². The maximum atomic E-state index is 12.0. The predicted octanol–water partition coefficient (Wildman–Crippen LogP) is 1.73. The van der Waals surface area contributed by atoms with Gasteiger partial charge in [0.25, 0.3) is 5.91 Å². The molecule has 3 nitrogen and oxygen atoms in total. The maximum absolute atomic E-state index is 12.0. The second-order valence-corrected chi connectivity index (χ2v) is 3.90. The summed E-state index contributed by atoms with van der Waals surface area (Å²) in [5.74, 6) is 0.0654. The molecule has 3 heteroatoms. The lowest BCUT2D eigenvalue weighted by molar-refractivity contribution is 0.0695. The summed E-state index contributed by atoms with van der Waals surface area (Å²) in [5.41, 5.74) is 3.12. The average molecular weight is 205 g/mol. The fourth-order valence-electron chi connectivity index (χ4n) is 1.63. The number of hydrogen-bond acceptors (Lipinski definition) is 2. The normalized spacial score (nSPS) is 15.7. The Morgan fingerprint density at radius 1 is 1.33 bits per heavy atom. The van der Waals surface area contributed by atoms with Crippen LogP contribution in [0.15, 0.2) is 18.2 Å². The Bertz CT molecular complexity index is 381. The smallest absolute Gasteiger partial charge is 0.255 e. The first kappa shape index (κ1) is 10.2. The number of carbonyl (C=O) groups is 1. The van der Waals surface area contributed by atoms with Gasteiger partial charge in [0.15, 0.2) is 0 Å². The van der Waals surface area contributed by atoms with Crippen molar-refractivity contribution in [2.24, 2.45) is 0 Å². The van der Waals surface area contributed by atoms with Crippen molar-refractivity contribution in [3.8, 4) is 0 Å². The van der Waals surface area contributed by atoms with Crippen LogP contribution in [0.25, 0.3) is 0 Å². The molecule has 0 aliphatic carbocycles. The molecule has 0 aromatic heterocycles. The molecule has 0 radical (unpaired) electrons. The van der Waals surface area contributed by atoms with Gasteiger partial charge in [-0.2, -0.15) is 0 Å². The van der Waals surface area contributed by atoms with E-state index in [0.29, 0.717) is 19.9 Å². The molecule has 2 rings (SSSR count). The van der Waals surface area contributed by atoms with E-state index < -0.39 is 0 Å². The average Bonchev–Trinajstić information content (AvgIpc) is 2.74. The highest BCUT2D eigenvalue weighted by molar-refractivity contribution is 5.94. The maximum Gasteiger partial charge on any atom is 0.255 e. The zero-order chi connectivity index (χ0) is 10.8. The van der Waals surface area contributed by atoms with Crippen LogP contribution in [-0.2, 0) is 4.74 Å². The number of rotatable bonds is 1. The van der Waals surface area contributed by atoms with Gasteiger partial charge in [0.1, 0.15) is 6.73 Å². The van der Waals surface area contributed by atoms with Crippen LogP contribution in [0.4, 0.5) is 0 Å². The Balaban J connectivity index is 2.21. The summed E-state index contributed by atoms with van der Waals surface area (Å²) in [6, 6.07) is 5.80. The number of carbonyl (C=O) groups excluding carboxylic acids is 1. The number of aryl methyl sites for hydroxylation is 2. The third kappa shape index (κ3) is 2.02. The summed E-state index contributed by atoms with van der Waals surface area (Å²) < 4.78 is 5.16. The monoisotopic (exact) mass is 205 g/mol. The molecule has 1 amide bonds. The molecule has 1 saturated heterocycles. The molecule has 0 unspecified atom stereocenters. The highest BCUT2D eigenvalue weighted by Gasteiger charge is 2.19. The summed E-state index contributed by atoms with van der Waals surface area (Å²) >= 11 is 0. The zero-order valence-corrected chi connectivity index (χ0v) is 9.12. The summed E-state index contributed by atoms with van der Waals surface area (Å²) in [6.07, 6.45) is 0. The molecule has 1 heterocycles. The number of hydrogen-bond donors (Lipinski definition) is 0. The zero-order valence-electron chi connectivity index (χ0n) is 9.12. The van der Waals surface area contributed by atoms with Gasteiger partial charge in [-0.3, -0.25) is 4.79 Å². The lowest BCUT2D eigenvalue weighted by Gasteiger charge is -2.14. The van der Waals surface area contributed by atoms with E-state index in [9.17, 15) is 4.79 Å². The summed E-state index contributed by atoms with van der Waals surface area (Å²) in [6.45, 7) is 5.84. The first-order valence-corrected chi connectivity index (χ1v) is 5.13. The van der Waals surface area contributed by atoms with E-state index in [1.807, 2.05) is 32.0 Å². The van der Waals surface area contributed by atoms with Crippen molar-refractivity contribution >= 4 is 5.91 Å². The fourth-order valence-corrected chi connectivity index (χ4v) is 1.63. The molecule has 0 bridgehead atoms. The van der Waals surface area contributed by atoms with Crippen LogP contribution in [-0.4, -0.2) is 30.7 Å². The van der Waals surface area contributed by atoms with Crippen molar-refractivity contribution in [2.75, 3.05) is 19.9 Å². The van der Waals surface area contributed by atoms with Crippen LogP contribution >= 0.6 is 0 Å². The lowest BCUT2D eigenvalue weighted by Crippen LogP contribution is -2.28. The van der Waals surface area contributed by atoms with Gasteiger partial charge in [-0.1, -0.05) is 6.07 Å². The van der Waals surface area contributed by atoms with Crippen LogP contribution in [0, 0.1) is 13.8 Å². The molecule has 1 aliphatic heterocycles. The van der Waals surface area contributed by atoms with Gasteiger partial charge in [-0.25, -0.2) is 0 Å². The van der Waals surface area contributed by atoms with Crippen molar-refractivity contribution in [2.45, 2.75) is 13.8 Å². The van der Waals surface area contributed by atoms with E-state index in [4.69, 9.17) is 4.74 Å². The quantitative estimate of drug-likeness (QED) is 0.698. The first-order chi connectivity index (χ1) is 7.18. The van der Waals surface area contributed by atoms with Crippen LogP contribution in [0.3, 0.4) is 0 Å². The molecule has 0 spiro atoms. The van der Waals surface area contributed by atoms with Crippen molar-refractivity contribution in [3.63, 3.8) is 0 Å². The van der Waals surface area contributed by atoms with Crippen LogP contribution in [0.5, 0.6) is 0 Å². The van der Waals surface area contributed by atoms with E-state index in [1.54, 1.807) is 4.90 Å². The van der Waals surface area contributed by atoms with E-state index in [2.05, 4.69) is 0 Å². The number of amides is 1. The number of nitrogens with zero attached hydrogens (tertiary/aromatic N) is 1. The third-order valence-corrected chi connectivity index (χ3v) is 2.79. The summed E-state index contributed by atoms with van der Waals surface area (Å²) in [7, 11) is 0. The molecule has 15 heavy (non-hydrogen) atoms. The van der Waals surface area contributed by atoms with E-state index in [-0.39, 0.29) is 5.91 Å². The minimum atomic E-state index is 0.0654. The Kier molecular flexibility index (Phi) is 2.73. The van der Waals surface area contributed by atoms with Crippen molar-refractivity contribution in [3.05, 3.63) is 34.9 Å². The van der Waals surface area contributed by atoms with Gasteiger partial charge in [0, 0.05) is 12.1 Å². The predicted molar refractivity (Wildman–Crippen MR) is 57.8 cm³/mol. The minimum Gasteiger partial charge on any atom is -0.359 e. The molecule has 80 valence electrons. The summed E-state index contributed by atoms with van der Waals surface area (Å²) in [5, 5.41) is 0. The largest absolute Gasteiger partial charge is 0.359 e. The minimum absolute atomic E-state index is 0.0654. The van der Waals surface area contributed by atoms with Crippen LogP contribution < -0.4 is 0 Å². The van der Waals surface area contributed by atoms with Gasteiger partial charge in [-0.15, -0.1) is 0 Å². The van der Waals surface area contributed by atoms with Gasteiger partial charge in [0.2, 0.25) is 0 Å². The second-order valence-electron chi connectivity index (χ2n) is 3.90. The Hall–Kier alpha value is -1.35. The standard InChI is InChI=1S/C12H15NO2/c1-9-3-4-11(7-10(9)2)12(14)13-5-6-15-8-13/h3-4,7H,5-6,8H2,1-2H3. The van der Waals surface area contributed by atoms with E-state index in [0.717, 1.165) is 11.1 Å². The molecule has 0 atom stereocenters. The third-order valence-electron chi connectivity index (χ3n) is 2.79. The van der Waals surface area contributed by atoms with Gasteiger partial charge in [-0.05, 0) is 37.1 Å². The molecule has 1 aliphatic rings. The molecule has 1 aromatic rings. The van der Waals surface area contributed by atoms with E-state index >= 15 is 0 Å². The van der Waals surface area contributed by atoms with Gasteiger partial charge >= 0.3 is 0 Å². The topological polar surface area (TPSA) is 29.5 Å². The van der Waals surface area contributed by atoms with Crippen molar-refractivity contribution in [1.82, 2.24) is 4.90 Å². The van der Waals surface area contributed by atoms with Gasteiger partial charge < -0.3 is 9.64 Å². The van der Waals surface area contributed by atoms with E-state index in [1.165, 1.54) is 5.56 Å². The first-order valence-electron chi connectivity index (χ1n) is 5.13. The molecule has 0 N–H and O–H groups in total. The molecule has 1 aromatic carbocycles. The van der Waals surface area contributed by atoms with Crippen molar-refractivity contribution in [1.29, 1.82) is 0 Å². The van der Waals surface area contributed by atoms with Crippen LogP contribution in [0.1, 0.15) is 21.5 Å². The molecule has 0 saturated carbocycles. The second kappa shape index (κ2) is 4.03. The highest BCUT2D eigenvalue weighted by atomic mass is 16.5. The SMILES string of the molecule is Cc1ccc(C(=O)N2CCOC2)cc1C. The lowest BCUT2D eigenvalue weighted by atomic mass is 10.1. The molecular formula is C12H15NO2. The highest BCUT2D eigenvalue weighted by Crippen LogP contribution is 2.13. The Morgan fingerprint density at radius 2 is 2.13 bits per heavy atom. The number of benzene rings is 1. The fraction of sp³-hybridized carbons (Fsp3) is 0.417. The summed E-state index contributed by atoms with van der Waals surface area (Å²) in [4.78, 5) is 13.7. The Morgan fingerprint density at radius 3 is 2.73 bits per heavy atom. The molecule has 1 fully saturated rings. The Labute approximate surface area is 89.7 Å².